The molecule has 1 aliphatic carbocycles. The fourth-order valence-electron chi connectivity index (χ4n) is 1.56. The molecule has 1 saturated carbocycles. The van der Waals surface area contributed by atoms with E-state index in [4.69, 9.17) is 10.9 Å². The monoisotopic (exact) mass is 235 g/mol. The molecular formula is C10H13N5O2. The van der Waals surface area contributed by atoms with Gasteiger partial charge in [0.1, 0.15) is 5.69 Å². The molecule has 0 radical (unpaired) electrons. The molecule has 1 atom stereocenters. The van der Waals surface area contributed by atoms with Gasteiger partial charge in [0.25, 0.3) is 5.91 Å². The zero-order valence-corrected chi connectivity index (χ0v) is 9.08. The summed E-state index contributed by atoms with van der Waals surface area (Å²) in [6.45, 7) is 0. The standard InChI is InChI=1S/C10H13N5O2/c11-9(15-17)8(6-1-2-6)14-10(16)7-5-12-3-4-13-7/h3-6,8,17H,1-2H2,(H2,11,15)(H,14,16). The number of nitrogens with two attached hydrogens (primary N) is 1. The molecule has 1 unspecified atom stereocenters. The molecule has 2 rings (SSSR count). The Balaban J connectivity index is 2.06. The Morgan fingerprint density at radius 2 is 2.35 bits per heavy atom. The van der Waals surface area contributed by atoms with Crippen LogP contribution in [0.3, 0.4) is 0 Å². The lowest BCUT2D eigenvalue weighted by atomic mass is 10.1. The molecule has 0 aliphatic heterocycles. The summed E-state index contributed by atoms with van der Waals surface area (Å²) in [5.41, 5.74) is 5.75. The second-order valence-electron chi connectivity index (χ2n) is 3.90. The van der Waals surface area contributed by atoms with Gasteiger partial charge in [0.05, 0.1) is 12.2 Å². The molecule has 7 nitrogen and oxygen atoms in total. The van der Waals surface area contributed by atoms with Gasteiger partial charge >= 0.3 is 0 Å². The Kier molecular flexibility index (Phi) is 3.17. The molecule has 0 saturated heterocycles. The molecule has 1 heterocycles. The second-order valence-corrected chi connectivity index (χ2v) is 3.90. The van der Waals surface area contributed by atoms with Gasteiger partial charge in [-0.25, -0.2) is 4.98 Å². The van der Waals surface area contributed by atoms with Crippen LogP contribution in [0.15, 0.2) is 23.7 Å². The highest BCUT2D eigenvalue weighted by Crippen LogP contribution is 2.32. The van der Waals surface area contributed by atoms with Crippen molar-refractivity contribution in [1.82, 2.24) is 15.3 Å². The van der Waals surface area contributed by atoms with Crippen molar-refractivity contribution < 1.29 is 10.0 Å². The van der Waals surface area contributed by atoms with Crippen molar-refractivity contribution in [2.45, 2.75) is 18.9 Å². The fraction of sp³-hybridized carbons (Fsp3) is 0.400. The molecule has 0 bridgehead atoms. The number of oxime groups is 1. The molecular weight excluding hydrogens is 222 g/mol. The summed E-state index contributed by atoms with van der Waals surface area (Å²) in [5, 5.41) is 14.3. The first-order valence-electron chi connectivity index (χ1n) is 5.26. The average molecular weight is 235 g/mol. The van der Waals surface area contributed by atoms with Crippen molar-refractivity contribution in [1.29, 1.82) is 0 Å². The van der Waals surface area contributed by atoms with E-state index in [-0.39, 0.29) is 23.4 Å². The number of aromatic nitrogens is 2. The number of rotatable bonds is 4. The normalized spacial score (nSPS) is 17.5. The minimum absolute atomic E-state index is 0.0183. The molecule has 90 valence electrons. The third kappa shape index (κ3) is 2.68. The number of nitrogens with zero attached hydrogens (tertiary/aromatic N) is 3. The minimum Gasteiger partial charge on any atom is -0.409 e. The van der Waals surface area contributed by atoms with E-state index in [2.05, 4.69) is 20.4 Å². The Morgan fingerprint density at radius 1 is 1.59 bits per heavy atom. The quantitative estimate of drug-likeness (QED) is 0.288. The van der Waals surface area contributed by atoms with Crippen LogP contribution in [0.1, 0.15) is 23.3 Å². The Hall–Kier alpha value is -2.18. The van der Waals surface area contributed by atoms with Crippen LogP contribution in [0, 0.1) is 5.92 Å². The van der Waals surface area contributed by atoms with Crippen LogP contribution in [0.4, 0.5) is 0 Å². The fourth-order valence-corrected chi connectivity index (χ4v) is 1.56. The van der Waals surface area contributed by atoms with Crippen LogP contribution < -0.4 is 11.1 Å². The third-order valence-electron chi connectivity index (χ3n) is 2.61. The predicted molar refractivity (Wildman–Crippen MR) is 59.4 cm³/mol. The van der Waals surface area contributed by atoms with Gasteiger partial charge in [0, 0.05) is 12.4 Å². The van der Waals surface area contributed by atoms with E-state index in [1.165, 1.54) is 18.6 Å². The van der Waals surface area contributed by atoms with Crippen molar-refractivity contribution in [2.75, 3.05) is 0 Å². The Labute approximate surface area is 97.7 Å². The van der Waals surface area contributed by atoms with Gasteiger partial charge in [-0.15, -0.1) is 0 Å². The first-order valence-corrected chi connectivity index (χ1v) is 5.26. The van der Waals surface area contributed by atoms with Crippen LogP contribution in [0.5, 0.6) is 0 Å². The SMILES string of the molecule is NC(=NO)C(NC(=O)c1cnccn1)C1CC1. The van der Waals surface area contributed by atoms with Gasteiger partial charge in [0.15, 0.2) is 5.84 Å². The summed E-state index contributed by atoms with van der Waals surface area (Å²) in [6, 6.07) is -0.436. The summed E-state index contributed by atoms with van der Waals surface area (Å²) < 4.78 is 0. The zero-order chi connectivity index (χ0) is 12.3. The minimum atomic E-state index is -0.436. The molecule has 0 aromatic carbocycles. The van der Waals surface area contributed by atoms with Gasteiger partial charge in [-0.05, 0) is 18.8 Å². The van der Waals surface area contributed by atoms with Gasteiger partial charge in [-0.2, -0.15) is 0 Å². The van der Waals surface area contributed by atoms with Crippen molar-refractivity contribution in [3.8, 4) is 0 Å². The lowest BCUT2D eigenvalue weighted by Gasteiger charge is -2.15. The van der Waals surface area contributed by atoms with Gasteiger partial charge < -0.3 is 16.3 Å². The molecule has 1 aromatic rings. The lowest BCUT2D eigenvalue weighted by molar-refractivity contribution is 0.0937. The molecule has 1 amide bonds. The molecule has 7 heteroatoms. The Morgan fingerprint density at radius 3 is 2.88 bits per heavy atom. The number of amides is 1. The zero-order valence-electron chi connectivity index (χ0n) is 9.08. The van der Waals surface area contributed by atoms with E-state index in [1.807, 2.05) is 0 Å². The van der Waals surface area contributed by atoms with E-state index in [0.29, 0.717) is 0 Å². The number of hydrogen-bond donors (Lipinski definition) is 3. The number of carbonyl (C=O) groups is 1. The summed E-state index contributed by atoms with van der Waals surface area (Å²) in [6.07, 6.45) is 6.21. The second kappa shape index (κ2) is 4.77. The highest BCUT2D eigenvalue weighted by molar-refractivity contribution is 5.97. The van der Waals surface area contributed by atoms with E-state index in [1.54, 1.807) is 0 Å². The number of hydrogen-bond acceptors (Lipinski definition) is 5. The van der Waals surface area contributed by atoms with Gasteiger partial charge in [-0.1, -0.05) is 5.16 Å². The smallest absolute Gasteiger partial charge is 0.272 e. The highest BCUT2D eigenvalue weighted by atomic mass is 16.4. The largest absolute Gasteiger partial charge is 0.409 e. The van der Waals surface area contributed by atoms with Crippen LogP contribution >= 0.6 is 0 Å². The van der Waals surface area contributed by atoms with Gasteiger partial charge in [0.2, 0.25) is 0 Å². The maximum absolute atomic E-state index is 11.8. The molecule has 4 N–H and O–H groups in total. The first kappa shape index (κ1) is 11.3. The highest BCUT2D eigenvalue weighted by Gasteiger charge is 2.35. The molecule has 1 aliphatic rings. The van der Waals surface area contributed by atoms with E-state index >= 15 is 0 Å². The Bertz CT molecular complexity index is 430. The number of nitrogens with one attached hydrogen (secondary N) is 1. The summed E-state index contributed by atoms with van der Waals surface area (Å²) in [5.74, 6) is -0.113. The van der Waals surface area contributed by atoms with Crippen molar-refractivity contribution in [3.05, 3.63) is 24.3 Å². The topological polar surface area (TPSA) is 113 Å². The van der Waals surface area contributed by atoms with Crippen LogP contribution in [-0.4, -0.2) is 33.0 Å². The van der Waals surface area contributed by atoms with Crippen LogP contribution in [-0.2, 0) is 0 Å². The maximum Gasteiger partial charge on any atom is 0.272 e. The number of amidine groups is 1. The maximum atomic E-state index is 11.8. The predicted octanol–water partition coefficient (Wildman–Crippen LogP) is -0.269. The summed E-state index contributed by atoms with van der Waals surface area (Å²) in [4.78, 5) is 19.5. The summed E-state index contributed by atoms with van der Waals surface area (Å²) in [7, 11) is 0. The summed E-state index contributed by atoms with van der Waals surface area (Å²) >= 11 is 0. The lowest BCUT2D eigenvalue weighted by Crippen LogP contribution is -2.46. The van der Waals surface area contributed by atoms with E-state index < -0.39 is 6.04 Å². The molecule has 1 fully saturated rings. The van der Waals surface area contributed by atoms with Crippen LogP contribution in [0.2, 0.25) is 0 Å². The molecule has 17 heavy (non-hydrogen) atoms. The molecule has 0 spiro atoms. The first-order chi connectivity index (χ1) is 8.22. The number of carbonyl (C=O) groups excluding carboxylic acids is 1. The van der Waals surface area contributed by atoms with E-state index in [9.17, 15) is 4.79 Å². The van der Waals surface area contributed by atoms with Crippen molar-refractivity contribution in [3.63, 3.8) is 0 Å². The van der Waals surface area contributed by atoms with Crippen molar-refractivity contribution in [2.24, 2.45) is 16.8 Å². The molecule has 1 aromatic heterocycles. The van der Waals surface area contributed by atoms with E-state index in [0.717, 1.165) is 12.8 Å². The average Bonchev–Trinajstić information content (AvgIpc) is 3.20. The van der Waals surface area contributed by atoms with Gasteiger partial charge in [-0.3, -0.25) is 9.78 Å². The van der Waals surface area contributed by atoms with Crippen molar-refractivity contribution >= 4 is 11.7 Å². The van der Waals surface area contributed by atoms with Crippen LogP contribution in [0.25, 0.3) is 0 Å². The third-order valence-corrected chi connectivity index (χ3v) is 2.61.